The number of hydrogen-bond acceptors (Lipinski definition) is 2. The second kappa shape index (κ2) is 6.44. The summed E-state index contributed by atoms with van der Waals surface area (Å²) in [7, 11) is 0. The zero-order valence-electron chi connectivity index (χ0n) is 10.4. The van der Waals surface area contributed by atoms with Crippen molar-refractivity contribution in [1.29, 1.82) is 0 Å². The summed E-state index contributed by atoms with van der Waals surface area (Å²) >= 11 is 0. The minimum Gasteiger partial charge on any atom is -0.480 e. The minimum absolute atomic E-state index is 0.105. The Bertz CT molecular complexity index is 390. The van der Waals surface area contributed by atoms with Crippen LogP contribution in [0, 0.1) is 5.92 Å². The second-order valence-corrected chi connectivity index (χ2v) is 4.54. The summed E-state index contributed by atoms with van der Waals surface area (Å²) in [5.41, 5.74) is 0.374. The molecule has 100 valence electrons. The molecule has 1 aromatic rings. The molecule has 1 rings (SSSR count). The molecule has 1 atom stereocenters. The molecule has 0 radical (unpaired) electrons. The molecule has 0 saturated heterocycles. The van der Waals surface area contributed by atoms with Crippen LogP contribution in [0.25, 0.3) is 0 Å². The number of hydrogen-bond donors (Lipinski definition) is 2. The summed E-state index contributed by atoms with van der Waals surface area (Å²) in [4.78, 5) is 11.1. The van der Waals surface area contributed by atoms with Crippen molar-refractivity contribution in [2.24, 2.45) is 5.92 Å². The average molecular weight is 257 g/mol. The Labute approximate surface area is 105 Å². The van der Waals surface area contributed by atoms with Gasteiger partial charge in [-0.05, 0) is 18.0 Å². The number of halogens is 2. The van der Waals surface area contributed by atoms with Crippen LogP contribution >= 0.6 is 0 Å². The summed E-state index contributed by atoms with van der Waals surface area (Å²) in [6.07, 6.45) is -2.54. The van der Waals surface area contributed by atoms with Crippen LogP contribution < -0.4 is 5.32 Å². The third-order valence-corrected chi connectivity index (χ3v) is 2.50. The molecule has 0 saturated carbocycles. The van der Waals surface area contributed by atoms with Gasteiger partial charge in [-0.3, -0.25) is 4.79 Å². The highest BCUT2D eigenvalue weighted by atomic mass is 19.3. The Hall–Kier alpha value is -1.49. The van der Waals surface area contributed by atoms with E-state index in [-0.39, 0.29) is 5.56 Å². The fraction of sp³-hybridized carbons (Fsp3) is 0.462. The number of rotatable bonds is 6. The molecule has 0 heterocycles. The summed E-state index contributed by atoms with van der Waals surface area (Å²) in [6.45, 7) is 4.48. The van der Waals surface area contributed by atoms with Crippen molar-refractivity contribution < 1.29 is 18.7 Å². The quantitative estimate of drug-likeness (QED) is 0.823. The number of carboxylic acid groups (broad SMARTS) is 1. The van der Waals surface area contributed by atoms with E-state index in [2.05, 4.69) is 5.32 Å². The van der Waals surface area contributed by atoms with Crippen LogP contribution in [-0.4, -0.2) is 17.6 Å². The van der Waals surface area contributed by atoms with Gasteiger partial charge in [-0.15, -0.1) is 0 Å². The van der Waals surface area contributed by atoms with Gasteiger partial charge in [0.25, 0.3) is 6.43 Å². The van der Waals surface area contributed by atoms with Crippen LogP contribution in [0.1, 0.15) is 37.4 Å². The van der Waals surface area contributed by atoms with Crippen molar-refractivity contribution in [3.8, 4) is 0 Å². The molecule has 5 heteroatoms. The van der Waals surface area contributed by atoms with E-state index >= 15 is 0 Å². The number of benzene rings is 1. The Kier molecular flexibility index (Phi) is 5.22. The van der Waals surface area contributed by atoms with E-state index in [1.54, 1.807) is 0 Å². The smallest absolute Gasteiger partial charge is 0.325 e. The van der Waals surface area contributed by atoms with Crippen LogP contribution in [0.5, 0.6) is 0 Å². The first-order valence-electron chi connectivity index (χ1n) is 5.76. The second-order valence-electron chi connectivity index (χ2n) is 4.54. The topological polar surface area (TPSA) is 49.3 Å². The largest absolute Gasteiger partial charge is 0.480 e. The van der Waals surface area contributed by atoms with Crippen LogP contribution in [0.2, 0.25) is 0 Å². The van der Waals surface area contributed by atoms with Crippen molar-refractivity contribution in [1.82, 2.24) is 5.32 Å². The van der Waals surface area contributed by atoms with Crippen LogP contribution in [0.4, 0.5) is 8.78 Å². The first kappa shape index (κ1) is 14.6. The van der Waals surface area contributed by atoms with Gasteiger partial charge in [-0.2, -0.15) is 0 Å². The van der Waals surface area contributed by atoms with E-state index in [9.17, 15) is 13.6 Å². The van der Waals surface area contributed by atoms with Gasteiger partial charge in [-0.1, -0.05) is 38.1 Å². The van der Waals surface area contributed by atoms with Gasteiger partial charge in [0, 0.05) is 5.56 Å². The maximum atomic E-state index is 12.4. The molecular formula is C13H17F2NO2. The highest BCUT2D eigenvalue weighted by molar-refractivity contribution is 5.75. The summed E-state index contributed by atoms with van der Waals surface area (Å²) in [5, 5.41) is 12.0. The molecule has 0 spiro atoms. The molecule has 0 aliphatic carbocycles. The molecule has 1 unspecified atom stereocenters. The predicted octanol–water partition coefficient (Wildman–Crippen LogP) is 3.00. The molecule has 0 amide bonds. The minimum atomic E-state index is -2.54. The first-order chi connectivity index (χ1) is 8.41. The molecule has 0 aliphatic heterocycles. The highest BCUT2D eigenvalue weighted by Crippen LogP contribution is 2.21. The molecule has 18 heavy (non-hydrogen) atoms. The number of carbonyl (C=O) groups is 1. The van der Waals surface area contributed by atoms with E-state index in [1.165, 1.54) is 24.3 Å². The lowest BCUT2D eigenvalue weighted by molar-refractivity contribution is -0.139. The summed E-state index contributed by atoms with van der Waals surface area (Å²) < 4.78 is 24.8. The maximum absolute atomic E-state index is 12.4. The van der Waals surface area contributed by atoms with E-state index in [0.29, 0.717) is 18.0 Å². The first-order valence-corrected chi connectivity index (χ1v) is 5.76. The lowest BCUT2D eigenvalue weighted by Gasteiger charge is -2.16. The van der Waals surface area contributed by atoms with Crippen molar-refractivity contribution in [2.75, 3.05) is 6.54 Å². The highest BCUT2D eigenvalue weighted by Gasteiger charge is 2.19. The lowest BCUT2D eigenvalue weighted by Crippen LogP contribution is -2.31. The van der Waals surface area contributed by atoms with Crippen LogP contribution in [-0.2, 0) is 4.79 Å². The lowest BCUT2D eigenvalue weighted by atomic mass is 10.0. The van der Waals surface area contributed by atoms with Crippen LogP contribution in [0.15, 0.2) is 24.3 Å². The standard InChI is InChI=1S/C13H17F2NO2/c1-8(2)7-16-11(13(17)18)9-3-5-10(6-4-9)12(14)15/h3-6,8,11-12,16H,7H2,1-2H3,(H,17,18). The molecule has 1 aromatic carbocycles. The summed E-state index contributed by atoms with van der Waals surface area (Å²) in [5.74, 6) is -0.701. The number of alkyl halides is 2. The third-order valence-electron chi connectivity index (χ3n) is 2.50. The van der Waals surface area contributed by atoms with Gasteiger partial charge < -0.3 is 10.4 Å². The van der Waals surface area contributed by atoms with Crippen molar-refractivity contribution in [3.63, 3.8) is 0 Å². The maximum Gasteiger partial charge on any atom is 0.325 e. The zero-order chi connectivity index (χ0) is 13.7. The van der Waals surface area contributed by atoms with E-state index in [0.717, 1.165) is 0 Å². The monoisotopic (exact) mass is 257 g/mol. The Morgan fingerprint density at radius 3 is 2.11 bits per heavy atom. The van der Waals surface area contributed by atoms with E-state index < -0.39 is 18.4 Å². The molecule has 0 aromatic heterocycles. The van der Waals surface area contributed by atoms with Gasteiger partial charge in [0.05, 0.1) is 0 Å². The zero-order valence-corrected chi connectivity index (χ0v) is 10.4. The van der Waals surface area contributed by atoms with Gasteiger partial charge in [0.2, 0.25) is 0 Å². The van der Waals surface area contributed by atoms with Crippen molar-refractivity contribution in [2.45, 2.75) is 26.3 Å². The normalized spacial score (nSPS) is 13.0. The predicted molar refractivity (Wildman–Crippen MR) is 64.6 cm³/mol. The summed E-state index contributed by atoms with van der Waals surface area (Å²) in [6, 6.07) is 4.50. The average Bonchev–Trinajstić information content (AvgIpc) is 2.29. The SMILES string of the molecule is CC(C)CNC(C(=O)O)c1ccc(C(F)F)cc1. The molecule has 0 bridgehead atoms. The number of carboxylic acids is 1. The van der Waals surface area contributed by atoms with Gasteiger partial charge >= 0.3 is 5.97 Å². The molecule has 2 N–H and O–H groups in total. The number of aliphatic carboxylic acids is 1. The fourth-order valence-corrected chi connectivity index (χ4v) is 1.54. The number of nitrogens with one attached hydrogen (secondary N) is 1. The van der Waals surface area contributed by atoms with Crippen molar-refractivity contribution >= 4 is 5.97 Å². The third kappa shape index (κ3) is 4.07. The molecule has 0 aliphatic rings. The van der Waals surface area contributed by atoms with Gasteiger partial charge in [-0.25, -0.2) is 8.78 Å². The Morgan fingerprint density at radius 1 is 1.22 bits per heavy atom. The Morgan fingerprint density at radius 2 is 1.72 bits per heavy atom. The van der Waals surface area contributed by atoms with Gasteiger partial charge in [0.15, 0.2) is 0 Å². The van der Waals surface area contributed by atoms with Crippen LogP contribution in [0.3, 0.4) is 0 Å². The van der Waals surface area contributed by atoms with E-state index in [4.69, 9.17) is 5.11 Å². The molecule has 3 nitrogen and oxygen atoms in total. The molecular weight excluding hydrogens is 240 g/mol. The Balaban J connectivity index is 2.82. The fourth-order valence-electron chi connectivity index (χ4n) is 1.54. The molecule has 0 fully saturated rings. The van der Waals surface area contributed by atoms with E-state index in [1.807, 2.05) is 13.8 Å². The van der Waals surface area contributed by atoms with Gasteiger partial charge in [0.1, 0.15) is 6.04 Å². The van der Waals surface area contributed by atoms with Crippen molar-refractivity contribution in [3.05, 3.63) is 35.4 Å².